The van der Waals surface area contributed by atoms with Gasteiger partial charge in [0, 0.05) is 50.0 Å². The first-order valence-corrected chi connectivity index (χ1v) is 11.0. The number of ether oxygens (including phenoxy) is 1. The molecule has 5 rings (SSSR count). The predicted octanol–water partition coefficient (Wildman–Crippen LogP) is 1.93. The molecule has 6 nitrogen and oxygen atoms in total. The van der Waals surface area contributed by atoms with Crippen molar-refractivity contribution in [3.8, 4) is 0 Å². The molecule has 0 N–H and O–H groups in total. The van der Waals surface area contributed by atoms with Crippen LogP contribution in [0.15, 0.2) is 17.0 Å². The second-order valence-corrected chi connectivity index (χ2v) is 10.6. The van der Waals surface area contributed by atoms with E-state index in [1.807, 2.05) is 0 Å². The van der Waals surface area contributed by atoms with Gasteiger partial charge >= 0.3 is 6.18 Å². The molecule has 0 unspecified atom stereocenters. The Morgan fingerprint density at radius 3 is 2.36 bits per heavy atom. The summed E-state index contributed by atoms with van der Waals surface area (Å²) in [6.45, 7) is 5.19. The van der Waals surface area contributed by atoms with Crippen LogP contribution in [0.1, 0.15) is 30.1 Å². The molecule has 0 amide bonds. The molecule has 3 saturated heterocycles. The van der Waals surface area contributed by atoms with E-state index in [0.717, 1.165) is 45.0 Å². The minimum atomic E-state index is -4.58. The highest BCUT2D eigenvalue weighted by atomic mass is 32.2. The van der Waals surface area contributed by atoms with Gasteiger partial charge in [-0.2, -0.15) is 17.5 Å². The maximum Gasteiger partial charge on any atom is 0.433 e. The quantitative estimate of drug-likeness (QED) is 0.733. The van der Waals surface area contributed by atoms with Crippen LogP contribution in [0.4, 0.5) is 13.2 Å². The zero-order valence-electron chi connectivity index (χ0n) is 15.3. The van der Waals surface area contributed by atoms with E-state index in [1.54, 1.807) is 0 Å². The van der Waals surface area contributed by atoms with Crippen LogP contribution in [-0.2, 0) is 20.9 Å². The monoisotopic (exact) mass is 417 g/mol. The lowest BCUT2D eigenvalue weighted by Crippen LogP contribution is -2.73. The maximum atomic E-state index is 13.0. The number of likely N-dealkylation sites (tertiary alicyclic amines) is 1. The second-order valence-electron chi connectivity index (χ2n) is 8.70. The molecule has 1 spiro atoms. The van der Waals surface area contributed by atoms with Crippen LogP contribution in [0.2, 0.25) is 0 Å². The Hall–Kier alpha value is -1.23. The van der Waals surface area contributed by atoms with Gasteiger partial charge < -0.3 is 9.64 Å². The third-order valence-corrected chi connectivity index (χ3v) is 7.96. The Morgan fingerprint density at radius 2 is 1.82 bits per heavy atom. The van der Waals surface area contributed by atoms with Crippen molar-refractivity contribution in [2.45, 2.75) is 29.8 Å². The van der Waals surface area contributed by atoms with E-state index >= 15 is 0 Å². The average Bonchev–Trinajstić information content (AvgIpc) is 3.33. The lowest BCUT2D eigenvalue weighted by molar-refractivity contribution is -0.141. The van der Waals surface area contributed by atoms with E-state index in [4.69, 9.17) is 4.74 Å². The normalized spacial score (nSPS) is 26.0. The van der Waals surface area contributed by atoms with Gasteiger partial charge in [0.05, 0.1) is 18.9 Å². The maximum absolute atomic E-state index is 13.0. The van der Waals surface area contributed by atoms with Gasteiger partial charge in [-0.3, -0.25) is 0 Å². The predicted molar refractivity (Wildman–Crippen MR) is 93.2 cm³/mol. The fraction of sp³-hybridized carbons (Fsp3) is 0.722. The van der Waals surface area contributed by atoms with Crippen LogP contribution < -0.4 is 0 Å². The summed E-state index contributed by atoms with van der Waals surface area (Å²) in [6, 6.07) is 1.87. The van der Waals surface area contributed by atoms with Crippen LogP contribution in [0.3, 0.4) is 0 Å². The van der Waals surface area contributed by atoms with Crippen molar-refractivity contribution in [2.24, 2.45) is 11.3 Å². The fourth-order valence-electron chi connectivity index (χ4n) is 4.48. The molecule has 1 aromatic rings. The van der Waals surface area contributed by atoms with E-state index in [1.165, 1.54) is 4.31 Å². The highest BCUT2D eigenvalue weighted by Crippen LogP contribution is 2.46. The molecule has 0 atom stereocenters. The van der Waals surface area contributed by atoms with Crippen molar-refractivity contribution in [1.29, 1.82) is 0 Å². The zero-order chi connectivity index (χ0) is 19.7. The third-order valence-electron chi connectivity index (χ3n) is 6.12. The minimum absolute atomic E-state index is 0.00322. The number of aromatic nitrogens is 1. The molecule has 10 heteroatoms. The van der Waals surface area contributed by atoms with Crippen LogP contribution in [0.5, 0.6) is 0 Å². The Balaban J connectivity index is 1.29. The van der Waals surface area contributed by atoms with Gasteiger partial charge in [0.15, 0.2) is 0 Å². The largest absolute Gasteiger partial charge is 0.433 e. The van der Waals surface area contributed by atoms with Crippen LogP contribution in [0, 0.1) is 11.3 Å². The summed E-state index contributed by atoms with van der Waals surface area (Å²) in [5, 5.41) is 0. The number of hydrogen-bond donors (Lipinski definition) is 0. The molecule has 154 valence electrons. The summed E-state index contributed by atoms with van der Waals surface area (Å²) < 4.78 is 71.6. The van der Waals surface area contributed by atoms with Crippen LogP contribution in [-0.4, -0.2) is 68.5 Å². The number of hydrogen-bond acceptors (Lipinski definition) is 5. The van der Waals surface area contributed by atoms with Crippen molar-refractivity contribution >= 4 is 10.0 Å². The van der Waals surface area contributed by atoms with Gasteiger partial charge in [-0.05, 0) is 25.0 Å². The molecule has 1 aromatic heterocycles. The lowest BCUT2D eigenvalue weighted by atomic mass is 9.74. The number of halogens is 3. The lowest BCUT2D eigenvalue weighted by Gasteiger charge is -2.60. The highest BCUT2D eigenvalue weighted by Gasteiger charge is 2.56. The van der Waals surface area contributed by atoms with Gasteiger partial charge in [0.2, 0.25) is 10.0 Å². The summed E-state index contributed by atoms with van der Waals surface area (Å²) in [5.41, 5.74) is -0.949. The molecule has 0 bridgehead atoms. The highest BCUT2D eigenvalue weighted by molar-refractivity contribution is 7.89. The molecule has 0 radical (unpaired) electrons. The van der Waals surface area contributed by atoms with Gasteiger partial charge in [0.1, 0.15) is 10.6 Å². The fourth-order valence-corrected chi connectivity index (χ4v) is 6.37. The van der Waals surface area contributed by atoms with E-state index in [9.17, 15) is 21.6 Å². The van der Waals surface area contributed by atoms with Gasteiger partial charge in [-0.25, -0.2) is 13.4 Å². The summed E-state index contributed by atoms with van der Waals surface area (Å²) in [5.74, 6) is 0.391. The van der Waals surface area contributed by atoms with Crippen molar-refractivity contribution in [3.63, 3.8) is 0 Å². The minimum Gasteiger partial charge on any atom is -0.381 e. The van der Waals surface area contributed by atoms with Crippen molar-refractivity contribution < 1.29 is 26.3 Å². The van der Waals surface area contributed by atoms with E-state index in [-0.39, 0.29) is 21.9 Å². The Labute approximate surface area is 161 Å². The number of sulfonamides is 1. The third kappa shape index (κ3) is 3.14. The molecule has 28 heavy (non-hydrogen) atoms. The van der Waals surface area contributed by atoms with E-state index in [2.05, 4.69) is 9.88 Å². The van der Waals surface area contributed by atoms with Gasteiger partial charge in [-0.15, -0.1) is 0 Å². The van der Waals surface area contributed by atoms with Crippen LogP contribution >= 0.6 is 0 Å². The topological polar surface area (TPSA) is 62.7 Å². The number of rotatable bonds is 5. The molecule has 1 aliphatic carbocycles. The first-order valence-electron chi connectivity index (χ1n) is 9.55. The molecular formula is C18H22F3N3O3S. The zero-order valence-corrected chi connectivity index (χ0v) is 16.1. The molecule has 4 heterocycles. The standard InChI is InChI=1S/C18H22F3N3O3S/c19-18(20,21)15-4-3-14(16(22-15)13-1-2-13)28(25,26)24-10-17(11-24)8-23(9-17)5-12-6-27-7-12/h3-4,12-13H,1-2,5-11H2. The summed E-state index contributed by atoms with van der Waals surface area (Å²) in [7, 11) is -3.82. The Morgan fingerprint density at radius 1 is 1.14 bits per heavy atom. The van der Waals surface area contributed by atoms with Crippen LogP contribution in [0.25, 0.3) is 0 Å². The number of nitrogens with zero attached hydrogens (tertiary/aromatic N) is 3. The molecule has 1 saturated carbocycles. The summed E-state index contributed by atoms with van der Waals surface area (Å²) >= 11 is 0. The SMILES string of the molecule is O=S(=O)(c1ccc(C(F)(F)F)nc1C1CC1)N1CC2(CN(CC3COC3)C2)C1. The first-order chi connectivity index (χ1) is 13.2. The van der Waals surface area contributed by atoms with E-state index in [0.29, 0.717) is 31.8 Å². The molecule has 4 fully saturated rings. The number of alkyl halides is 3. The van der Waals surface area contributed by atoms with Crippen molar-refractivity contribution in [3.05, 3.63) is 23.5 Å². The van der Waals surface area contributed by atoms with Crippen molar-refractivity contribution in [2.75, 3.05) is 45.9 Å². The smallest absolute Gasteiger partial charge is 0.381 e. The molecular weight excluding hydrogens is 395 g/mol. The summed E-state index contributed by atoms with van der Waals surface area (Å²) in [4.78, 5) is 5.96. The Kier molecular flexibility index (Phi) is 4.11. The van der Waals surface area contributed by atoms with Gasteiger partial charge in [-0.1, -0.05) is 0 Å². The Bertz CT molecular complexity index is 883. The second kappa shape index (κ2) is 6.13. The molecule has 3 aliphatic heterocycles. The molecule has 0 aromatic carbocycles. The van der Waals surface area contributed by atoms with E-state index < -0.39 is 21.9 Å². The van der Waals surface area contributed by atoms with Gasteiger partial charge in [0.25, 0.3) is 0 Å². The first kappa shape index (κ1) is 18.8. The van der Waals surface area contributed by atoms with Crippen molar-refractivity contribution in [1.82, 2.24) is 14.2 Å². The summed E-state index contributed by atoms with van der Waals surface area (Å²) in [6.07, 6.45) is -3.21. The number of pyridine rings is 1. The molecule has 4 aliphatic rings. The average molecular weight is 417 g/mol.